The summed E-state index contributed by atoms with van der Waals surface area (Å²) in [6.07, 6.45) is -0.395. The van der Waals surface area contributed by atoms with Crippen LogP contribution in [0.3, 0.4) is 0 Å². The summed E-state index contributed by atoms with van der Waals surface area (Å²) in [6.45, 7) is 6.10. The predicted molar refractivity (Wildman–Crippen MR) is 48.8 cm³/mol. The Balaban J connectivity index is 3.63. The zero-order chi connectivity index (χ0) is 11.0. The molecule has 1 N–H and O–H groups in total. The van der Waals surface area contributed by atoms with Crippen LogP contribution in [0.4, 0.5) is 0 Å². The Morgan fingerprint density at radius 2 is 2.00 bits per heavy atom. The van der Waals surface area contributed by atoms with Crippen molar-refractivity contribution >= 4 is 11.9 Å². The first-order chi connectivity index (χ1) is 6.57. The van der Waals surface area contributed by atoms with Gasteiger partial charge in [-0.15, -0.1) is 0 Å². The quantitative estimate of drug-likeness (QED) is 0.371. The molecule has 0 heterocycles. The lowest BCUT2D eigenvalue weighted by atomic mass is 10.2. The number of hydrogen-bond donors (Lipinski definition) is 1. The van der Waals surface area contributed by atoms with Gasteiger partial charge < -0.3 is 14.6 Å². The van der Waals surface area contributed by atoms with Gasteiger partial charge in [-0.1, -0.05) is 6.58 Å². The summed E-state index contributed by atoms with van der Waals surface area (Å²) in [4.78, 5) is 21.2. The van der Waals surface area contributed by atoms with E-state index in [1.54, 1.807) is 0 Å². The van der Waals surface area contributed by atoms with E-state index < -0.39 is 18.4 Å². The molecule has 0 spiro atoms. The maximum Gasteiger partial charge on any atom is 0.334 e. The molecular formula is C9H14O5. The van der Waals surface area contributed by atoms with Crippen molar-refractivity contribution in [3.63, 3.8) is 0 Å². The van der Waals surface area contributed by atoms with Crippen molar-refractivity contribution in [2.75, 3.05) is 19.8 Å². The van der Waals surface area contributed by atoms with Crippen molar-refractivity contribution in [2.45, 2.75) is 13.3 Å². The molecule has 0 fully saturated rings. The van der Waals surface area contributed by atoms with E-state index in [1.807, 2.05) is 6.92 Å². The van der Waals surface area contributed by atoms with Gasteiger partial charge in [-0.3, -0.25) is 4.79 Å². The Morgan fingerprint density at radius 3 is 2.50 bits per heavy atom. The first-order valence-corrected chi connectivity index (χ1v) is 4.22. The first-order valence-electron chi connectivity index (χ1n) is 4.22. The summed E-state index contributed by atoms with van der Waals surface area (Å²) in [5, 5.41) is 8.35. The fraction of sp³-hybridized carbons (Fsp3) is 0.556. The SMILES string of the molecule is C=C(CC(=O)O)C(=O)OCCOCC. The fourth-order valence-corrected chi connectivity index (χ4v) is 0.694. The maximum absolute atomic E-state index is 11.0. The van der Waals surface area contributed by atoms with Gasteiger partial charge in [-0.25, -0.2) is 4.79 Å². The number of carbonyl (C=O) groups is 2. The zero-order valence-corrected chi connectivity index (χ0v) is 8.12. The number of carboxylic acids is 1. The summed E-state index contributed by atoms with van der Waals surface area (Å²) in [7, 11) is 0. The smallest absolute Gasteiger partial charge is 0.334 e. The van der Waals surface area contributed by atoms with Crippen molar-refractivity contribution in [1.29, 1.82) is 0 Å². The highest BCUT2D eigenvalue weighted by molar-refractivity contribution is 5.92. The number of hydrogen-bond acceptors (Lipinski definition) is 4. The third kappa shape index (κ3) is 6.19. The molecule has 80 valence electrons. The van der Waals surface area contributed by atoms with Gasteiger partial charge in [0.2, 0.25) is 0 Å². The molecule has 0 unspecified atom stereocenters. The van der Waals surface area contributed by atoms with E-state index in [-0.39, 0.29) is 12.2 Å². The Morgan fingerprint density at radius 1 is 1.36 bits per heavy atom. The molecule has 0 aromatic heterocycles. The highest BCUT2D eigenvalue weighted by Crippen LogP contribution is 2.00. The first kappa shape index (κ1) is 12.6. The monoisotopic (exact) mass is 202 g/mol. The van der Waals surface area contributed by atoms with Crippen LogP contribution in [0.15, 0.2) is 12.2 Å². The van der Waals surface area contributed by atoms with Crippen LogP contribution in [-0.2, 0) is 19.1 Å². The van der Waals surface area contributed by atoms with Gasteiger partial charge in [0, 0.05) is 12.2 Å². The van der Waals surface area contributed by atoms with Crippen LogP contribution in [0.2, 0.25) is 0 Å². The molecule has 0 aliphatic rings. The molecule has 0 radical (unpaired) electrons. The number of ether oxygens (including phenoxy) is 2. The van der Waals surface area contributed by atoms with Crippen LogP contribution in [0.1, 0.15) is 13.3 Å². The van der Waals surface area contributed by atoms with Gasteiger partial charge in [-0.05, 0) is 6.92 Å². The number of aliphatic carboxylic acids is 1. The van der Waals surface area contributed by atoms with E-state index in [9.17, 15) is 9.59 Å². The molecule has 0 rings (SSSR count). The molecule has 0 bridgehead atoms. The van der Waals surface area contributed by atoms with Crippen LogP contribution < -0.4 is 0 Å². The lowest BCUT2D eigenvalue weighted by Crippen LogP contribution is -2.14. The molecule has 14 heavy (non-hydrogen) atoms. The van der Waals surface area contributed by atoms with Crippen LogP contribution in [-0.4, -0.2) is 36.9 Å². The molecule has 0 aliphatic heterocycles. The molecule has 5 nitrogen and oxygen atoms in total. The second-order valence-electron chi connectivity index (χ2n) is 2.51. The molecule has 0 saturated carbocycles. The number of esters is 1. The van der Waals surface area contributed by atoms with Crippen LogP contribution in [0.25, 0.3) is 0 Å². The Labute approximate surface area is 82.3 Å². The largest absolute Gasteiger partial charge is 0.481 e. The summed E-state index contributed by atoms with van der Waals surface area (Å²) >= 11 is 0. The highest BCUT2D eigenvalue weighted by atomic mass is 16.6. The normalized spacial score (nSPS) is 9.50. The third-order valence-corrected chi connectivity index (χ3v) is 1.32. The fourth-order valence-electron chi connectivity index (χ4n) is 0.694. The third-order valence-electron chi connectivity index (χ3n) is 1.32. The van der Waals surface area contributed by atoms with E-state index in [2.05, 4.69) is 11.3 Å². The van der Waals surface area contributed by atoms with Crippen molar-refractivity contribution in [2.24, 2.45) is 0 Å². The van der Waals surface area contributed by atoms with E-state index >= 15 is 0 Å². The summed E-state index contributed by atoms with van der Waals surface area (Å²) in [6, 6.07) is 0. The van der Waals surface area contributed by atoms with Crippen molar-refractivity contribution in [3.05, 3.63) is 12.2 Å². The molecular weight excluding hydrogens is 188 g/mol. The topological polar surface area (TPSA) is 72.8 Å². The lowest BCUT2D eigenvalue weighted by molar-refractivity contribution is -0.143. The molecule has 0 saturated heterocycles. The van der Waals surface area contributed by atoms with Crippen molar-refractivity contribution in [3.8, 4) is 0 Å². The lowest BCUT2D eigenvalue weighted by Gasteiger charge is -2.05. The predicted octanol–water partition coefficient (Wildman–Crippen LogP) is 0.597. The van der Waals surface area contributed by atoms with Crippen molar-refractivity contribution in [1.82, 2.24) is 0 Å². The molecule has 0 aromatic carbocycles. The molecule has 0 aliphatic carbocycles. The van der Waals surface area contributed by atoms with Crippen LogP contribution >= 0.6 is 0 Å². The summed E-state index contributed by atoms with van der Waals surface area (Å²) in [5.74, 6) is -1.79. The van der Waals surface area contributed by atoms with E-state index in [1.165, 1.54) is 0 Å². The second-order valence-corrected chi connectivity index (χ2v) is 2.51. The minimum absolute atomic E-state index is 0.0611. The number of rotatable bonds is 7. The highest BCUT2D eigenvalue weighted by Gasteiger charge is 2.11. The summed E-state index contributed by atoms with van der Waals surface area (Å²) < 4.78 is 9.60. The Kier molecular flexibility index (Phi) is 6.39. The minimum atomic E-state index is -1.10. The van der Waals surface area contributed by atoms with Crippen LogP contribution in [0.5, 0.6) is 0 Å². The van der Waals surface area contributed by atoms with Crippen molar-refractivity contribution < 1.29 is 24.2 Å². The van der Waals surface area contributed by atoms with Gasteiger partial charge >= 0.3 is 11.9 Å². The maximum atomic E-state index is 11.0. The van der Waals surface area contributed by atoms with Gasteiger partial charge in [0.05, 0.1) is 13.0 Å². The molecule has 0 amide bonds. The van der Waals surface area contributed by atoms with Gasteiger partial charge in [0.1, 0.15) is 6.61 Å². The minimum Gasteiger partial charge on any atom is -0.481 e. The standard InChI is InChI=1S/C9H14O5/c1-3-13-4-5-14-9(12)7(2)6-8(10)11/h2-6H2,1H3,(H,10,11). The van der Waals surface area contributed by atoms with Crippen LogP contribution in [0, 0.1) is 0 Å². The zero-order valence-electron chi connectivity index (χ0n) is 8.12. The van der Waals surface area contributed by atoms with Gasteiger partial charge in [0.25, 0.3) is 0 Å². The average molecular weight is 202 g/mol. The number of carboxylic acid groups (broad SMARTS) is 1. The molecule has 0 atom stereocenters. The Bertz CT molecular complexity index is 221. The molecule has 0 aromatic rings. The van der Waals surface area contributed by atoms with E-state index in [0.29, 0.717) is 13.2 Å². The summed E-state index contributed by atoms with van der Waals surface area (Å²) in [5.41, 5.74) is -0.0611. The number of carbonyl (C=O) groups excluding carboxylic acids is 1. The van der Waals surface area contributed by atoms with E-state index in [0.717, 1.165) is 0 Å². The second kappa shape index (κ2) is 7.08. The van der Waals surface area contributed by atoms with Gasteiger partial charge in [-0.2, -0.15) is 0 Å². The molecule has 5 heteroatoms. The van der Waals surface area contributed by atoms with E-state index in [4.69, 9.17) is 9.84 Å². The Hall–Kier alpha value is -1.36. The average Bonchev–Trinajstić information content (AvgIpc) is 2.11. The van der Waals surface area contributed by atoms with Gasteiger partial charge in [0.15, 0.2) is 0 Å².